The highest BCUT2D eigenvalue weighted by molar-refractivity contribution is 5.92. The number of fused-ring (bicyclic) bond motifs is 1. The van der Waals surface area contributed by atoms with Gasteiger partial charge in [-0.3, -0.25) is 19.7 Å². The summed E-state index contributed by atoms with van der Waals surface area (Å²) in [6.07, 6.45) is 1.46. The van der Waals surface area contributed by atoms with E-state index in [4.69, 9.17) is 4.42 Å². The SMILES string of the molecule is O=C1Nc2c(c(=O)[nH]c(=O)n2Cc2ccccc2)C(c2ccco2)N1. The summed E-state index contributed by atoms with van der Waals surface area (Å²) >= 11 is 0. The van der Waals surface area contributed by atoms with Gasteiger partial charge in [0.1, 0.15) is 17.6 Å². The van der Waals surface area contributed by atoms with Crippen molar-refractivity contribution < 1.29 is 9.21 Å². The van der Waals surface area contributed by atoms with Crippen LogP contribution in [0, 0.1) is 0 Å². The van der Waals surface area contributed by atoms with E-state index in [1.807, 2.05) is 30.3 Å². The predicted molar refractivity (Wildman–Crippen MR) is 89.6 cm³/mol. The lowest BCUT2D eigenvalue weighted by Gasteiger charge is -2.27. The molecule has 0 saturated heterocycles. The molecule has 1 unspecified atom stereocenters. The second kappa shape index (κ2) is 5.82. The summed E-state index contributed by atoms with van der Waals surface area (Å²) in [7, 11) is 0. The number of carbonyl (C=O) groups excluding carboxylic acids is 1. The second-order valence-electron chi connectivity index (χ2n) is 5.64. The average molecular weight is 338 g/mol. The molecule has 0 aliphatic carbocycles. The number of carbonyl (C=O) groups is 1. The number of hydrogen-bond acceptors (Lipinski definition) is 4. The Balaban J connectivity index is 1.90. The van der Waals surface area contributed by atoms with Crippen molar-refractivity contribution in [2.24, 2.45) is 0 Å². The number of anilines is 1. The summed E-state index contributed by atoms with van der Waals surface area (Å²) in [6, 6.07) is 11.3. The zero-order valence-corrected chi connectivity index (χ0v) is 13.0. The van der Waals surface area contributed by atoms with Crippen molar-refractivity contribution in [1.82, 2.24) is 14.9 Å². The minimum absolute atomic E-state index is 0.169. The van der Waals surface area contributed by atoms with Crippen LogP contribution in [0.1, 0.15) is 22.9 Å². The van der Waals surface area contributed by atoms with E-state index in [0.717, 1.165) is 5.56 Å². The summed E-state index contributed by atoms with van der Waals surface area (Å²) in [4.78, 5) is 39.1. The molecule has 126 valence electrons. The first-order valence-corrected chi connectivity index (χ1v) is 7.65. The summed E-state index contributed by atoms with van der Waals surface area (Å²) in [5.74, 6) is 0.578. The first kappa shape index (κ1) is 15.0. The van der Waals surface area contributed by atoms with Crippen molar-refractivity contribution in [3.05, 3.63) is 86.5 Å². The van der Waals surface area contributed by atoms with Crippen LogP contribution in [-0.4, -0.2) is 15.6 Å². The van der Waals surface area contributed by atoms with Crippen molar-refractivity contribution in [1.29, 1.82) is 0 Å². The maximum atomic E-state index is 12.4. The van der Waals surface area contributed by atoms with Crippen LogP contribution in [0.4, 0.5) is 10.6 Å². The minimum Gasteiger partial charge on any atom is -0.467 e. The van der Waals surface area contributed by atoms with Gasteiger partial charge in [0.2, 0.25) is 0 Å². The lowest BCUT2D eigenvalue weighted by molar-refractivity contribution is 0.246. The van der Waals surface area contributed by atoms with Crippen LogP contribution < -0.4 is 21.9 Å². The van der Waals surface area contributed by atoms with Crippen molar-refractivity contribution in [3.63, 3.8) is 0 Å². The monoisotopic (exact) mass is 338 g/mol. The number of amides is 2. The lowest BCUT2D eigenvalue weighted by Crippen LogP contribution is -2.46. The maximum absolute atomic E-state index is 12.4. The zero-order valence-electron chi connectivity index (χ0n) is 13.0. The van der Waals surface area contributed by atoms with E-state index < -0.39 is 23.3 Å². The molecule has 0 fully saturated rings. The van der Waals surface area contributed by atoms with E-state index in [-0.39, 0.29) is 17.9 Å². The van der Waals surface area contributed by atoms with Crippen molar-refractivity contribution >= 4 is 11.8 Å². The fraction of sp³-hybridized carbons (Fsp3) is 0.118. The third-order valence-corrected chi connectivity index (χ3v) is 4.04. The molecule has 0 saturated carbocycles. The van der Waals surface area contributed by atoms with Gasteiger partial charge in [-0.1, -0.05) is 30.3 Å². The first-order chi connectivity index (χ1) is 12.1. The van der Waals surface area contributed by atoms with E-state index in [1.54, 1.807) is 12.1 Å². The highest BCUT2D eigenvalue weighted by Gasteiger charge is 2.32. The fourth-order valence-corrected chi connectivity index (χ4v) is 2.92. The first-order valence-electron chi connectivity index (χ1n) is 7.65. The Hall–Kier alpha value is -3.55. The van der Waals surface area contributed by atoms with Gasteiger partial charge in [0, 0.05) is 0 Å². The minimum atomic E-state index is -0.773. The van der Waals surface area contributed by atoms with E-state index in [2.05, 4.69) is 15.6 Å². The topological polar surface area (TPSA) is 109 Å². The Morgan fingerprint density at radius 1 is 1.04 bits per heavy atom. The summed E-state index contributed by atoms with van der Waals surface area (Å²) in [6.45, 7) is 0.212. The van der Waals surface area contributed by atoms with E-state index in [9.17, 15) is 14.4 Å². The molecule has 1 aliphatic heterocycles. The molecule has 0 radical (unpaired) electrons. The molecule has 2 aromatic heterocycles. The van der Waals surface area contributed by atoms with Crippen molar-refractivity contribution in [2.45, 2.75) is 12.6 Å². The highest BCUT2D eigenvalue weighted by atomic mass is 16.3. The molecule has 3 heterocycles. The van der Waals surface area contributed by atoms with Crippen LogP contribution in [0.5, 0.6) is 0 Å². The number of aromatic amines is 1. The predicted octanol–water partition coefficient (Wildman–Crippen LogP) is 1.40. The van der Waals surface area contributed by atoms with Crippen LogP contribution in [0.25, 0.3) is 0 Å². The zero-order chi connectivity index (χ0) is 17.4. The Labute approximate surface area is 141 Å². The molecular formula is C17H14N4O4. The lowest BCUT2D eigenvalue weighted by atomic mass is 10.0. The number of nitrogens with one attached hydrogen (secondary N) is 3. The fourth-order valence-electron chi connectivity index (χ4n) is 2.92. The van der Waals surface area contributed by atoms with Gasteiger partial charge in [-0.25, -0.2) is 9.59 Å². The molecule has 2 amide bonds. The molecule has 25 heavy (non-hydrogen) atoms. The number of benzene rings is 1. The highest BCUT2D eigenvalue weighted by Crippen LogP contribution is 2.28. The van der Waals surface area contributed by atoms with Crippen LogP contribution in [0.2, 0.25) is 0 Å². The Kier molecular flexibility index (Phi) is 3.50. The largest absolute Gasteiger partial charge is 0.467 e. The molecule has 8 nitrogen and oxygen atoms in total. The summed E-state index contributed by atoms with van der Waals surface area (Å²) < 4.78 is 6.67. The Morgan fingerprint density at radius 2 is 1.84 bits per heavy atom. The van der Waals surface area contributed by atoms with Crippen LogP contribution in [0.3, 0.4) is 0 Å². The van der Waals surface area contributed by atoms with Gasteiger partial charge in [0.15, 0.2) is 0 Å². The second-order valence-corrected chi connectivity index (χ2v) is 5.64. The summed E-state index contributed by atoms with van der Waals surface area (Å²) in [5, 5.41) is 5.22. The number of furan rings is 1. The molecule has 4 rings (SSSR count). The molecule has 0 bridgehead atoms. The van der Waals surface area contributed by atoms with Crippen LogP contribution in [-0.2, 0) is 6.54 Å². The quantitative estimate of drug-likeness (QED) is 0.670. The average Bonchev–Trinajstić information content (AvgIpc) is 3.13. The van der Waals surface area contributed by atoms with Gasteiger partial charge >= 0.3 is 11.7 Å². The molecule has 3 N–H and O–H groups in total. The molecule has 0 spiro atoms. The number of rotatable bonds is 3. The molecule has 3 aromatic rings. The molecular weight excluding hydrogens is 324 g/mol. The standard InChI is InChI=1S/C17H14N4O4/c22-15-12-13(11-7-4-8-25-11)18-16(23)19-14(12)21(17(24)20-15)9-10-5-2-1-3-6-10/h1-8,13H,9H2,(H2,18,19,23)(H,20,22,24). The van der Waals surface area contributed by atoms with Crippen molar-refractivity contribution in [2.75, 3.05) is 5.32 Å². The van der Waals surface area contributed by atoms with Crippen molar-refractivity contribution in [3.8, 4) is 0 Å². The molecule has 1 atom stereocenters. The van der Waals surface area contributed by atoms with Gasteiger partial charge in [-0.15, -0.1) is 0 Å². The third-order valence-electron chi connectivity index (χ3n) is 4.04. The van der Waals surface area contributed by atoms with Crippen LogP contribution >= 0.6 is 0 Å². The van der Waals surface area contributed by atoms with Gasteiger partial charge < -0.3 is 9.73 Å². The maximum Gasteiger partial charge on any atom is 0.330 e. The van der Waals surface area contributed by atoms with Gasteiger partial charge in [0.25, 0.3) is 5.56 Å². The van der Waals surface area contributed by atoms with Crippen LogP contribution in [0.15, 0.2) is 62.7 Å². The van der Waals surface area contributed by atoms with E-state index >= 15 is 0 Å². The van der Waals surface area contributed by atoms with E-state index in [0.29, 0.717) is 5.76 Å². The molecule has 1 aromatic carbocycles. The number of aromatic nitrogens is 2. The number of nitrogens with zero attached hydrogens (tertiary/aromatic N) is 1. The van der Waals surface area contributed by atoms with E-state index in [1.165, 1.54) is 10.8 Å². The Morgan fingerprint density at radius 3 is 2.56 bits per heavy atom. The number of urea groups is 1. The third kappa shape index (κ3) is 2.63. The van der Waals surface area contributed by atoms with Gasteiger partial charge in [-0.05, 0) is 17.7 Å². The normalized spacial score (nSPS) is 16.0. The summed E-state index contributed by atoms with van der Waals surface area (Å²) in [5.41, 5.74) is -0.0718. The number of hydrogen-bond donors (Lipinski definition) is 3. The van der Waals surface area contributed by atoms with Gasteiger partial charge in [0.05, 0.1) is 18.4 Å². The number of H-pyrrole nitrogens is 1. The smallest absolute Gasteiger partial charge is 0.330 e. The Bertz CT molecular complexity index is 1030. The van der Waals surface area contributed by atoms with Gasteiger partial charge in [-0.2, -0.15) is 0 Å². The molecule has 1 aliphatic rings. The molecule has 8 heteroatoms.